The van der Waals surface area contributed by atoms with E-state index in [2.05, 4.69) is 18.8 Å². The van der Waals surface area contributed by atoms with E-state index in [0.717, 1.165) is 12.1 Å². The van der Waals surface area contributed by atoms with Crippen LogP contribution in [0.3, 0.4) is 0 Å². The molecule has 70 valence electrons. The lowest BCUT2D eigenvalue weighted by Crippen LogP contribution is -2.16. The molecule has 0 bridgehead atoms. The van der Waals surface area contributed by atoms with E-state index in [4.69, 9.17) is 11.5 Å². The molecule has 3 nitrogen and oxygen atoms in total. The molecule has 1 unspecified atom stereocenters. The Bertz CT molecular complexity index is 200. The van der Waals surface area contributed by atoms with Gasteiger partial charge in [-0.3, -0.25) is 4.99 Å². The van der Waals surface area contributed by atoms with Crippen LogP contribution in [0.25, 0.3) is 0 Å². The summed E-state index contributed by atoms with van der Waals surface area (Å²) in [7, 11) is 0. The Morgan fingerprint density at radius 1 is 1.33 bits per heavy atom. The quantitative estimate of drug-likeness (QED) is 0.627. The molecule has 0 fully saturated rings. The molecule has 0 aliphatic carbocycles. The minimum absolute atomic E-state index is 0.322. The van der Waals surface area contributed by atoms with Crippen LogP contribution in [0.1, 0.15) is 34.1 Å². The van der Waals surface area contributed by atoms with Crippen LogP contribution < -0.4 is 11.5 Å². The molecule has 4 N–H and O–H groups in total. The molecular formula is C9H19N3. The minimum atomic E-state index is 0.322. The molecule has 0 aromatic carbocycles. The fraction of sp³-hybridized carbons (Fsp3) is 0.667. The predicted molar refractivity (Wildman–Crippen MR) is 53.9 cm³/mol. The first-order valence-corrected chi connectivity index (χ1v) is 4.25. The van der Waals surface area contributed by atoms with Gasteiger partial charge in [-0.1, -0.05) is 6.92 Å². The lowest BCUT2D eigenvalue weighted by atomic mass is 10.2. The molecular weight excluding hydrogens is 150 g/mol. The second kappa shape index (κ2) is 4.80. The van der Waals surface area contributed by atoms with Gasteiger partial charge in [-0.05, 0) is 27.2 Å². The van der Waals surface area contributed by atoms with Crippen LogP contribution in [0, 0.1) is 0 Å². The van der Waals surface area contributed by atoms with E-state index in [0.29, 0.717) is 17.4 Å². The molecule has 0 rings (SSSR count). The zero-order valence-electron chi connectivity index (χ0n) is 8.39. The Hall–Kier alpha value is -0.990. The highest BCUT2D eigenvalue weighted by molar-refractivity contribution is 5.97. The van der Waals surface area contributed by atoms with Gasteiger partial charge in [-0.15, -0.1) is 0 Å². The standard InChI is InChI=1S/C9H19N3/c1-5-6(2)12-8(4)9(11)7(3)10/h6H,5,10-11H2,1-4H3/b9-7+,12-8-. The van der Waals surface area contributed by atoms with Crippen molar-refractivity contribution in [3.8, 4) is 0 Å². The third kappa shape index (κ3) is 3.42. The van der Waals surface area contributed by atoms with Crippen molar-refractivity contribution < 1.29 is 0 Å². The summed E-state index contributed by atoms with van der Waals surface area (Å²) in [5.74, 6) is 0. The Morgan fingerprint density at radius 3 is 2.17 bits per heavy atom. The maximum absolute atomic E-state index is 5.69. The van der Waals surface area contributed by atoms with E-state index in [1.54, 1.807) is 6.92 Å². The summed E-state index contributed by atoms with van der Waals surface area (Å²) in [6.07, 6.45) is 1.02. The third-order valence-electron chi connectivity index (χ3n) is 1.82. The van der Waals surface area contributed by atoms with Gasteiger partial charge in [0.2, 0.25) is 0 Å². The Balaban J connectivity index is 4.49. The Kier molecular flexibility index (Phi) is 4.40. The summed E-state index contributed by atoms with van der Waals surface area (Å²) in [6.45, 7) is 7.82. The first-order chi connectivity index (χ1) is 5.49. The summed E-state index contributed by atoms with van der Waals surface area (Å²) in [5.41, 5.74) is 13.3. The molecule has 12 heavy (non-hydrogen) atoms. The van der Waals surface area contributed by atoms with Crippen molar-refractivity contribution in [1.29, 1.82) is 0 Å². The highest BCUT2D eigenvalue weighted by Crippen LogP contribution is 2.00. The average Bonchev–Trinajstić information content (AvgIpc) is 2.02. The van der Waals surface area contributed by atoms with E-state index in [-0.39, 0.29) is 0 Å². The second-order valence-corrected chi connectivity index (χ2v) is 3.07. The van der Waals surface area contributed by atoms with Gasteiger partial charge in [-0.2, -0.15) is 0 Å². The molecule has 0 amide bonds. The molecule has 0 radical (unpaired) electrons. The van der Waals surface area contributed by atoms with E-state index in [1.807, 2.05) is 6.92 Å². The molecule has 0 saturated heterocycles. The zero-order valence-corrected chi connectivity index (χ0v) is 8.39. The maximum Gasteiger partial charge on any atom is 0.0713 e. The number of allylic oxidation sites excluding steroid dienone is 2. The van der Waals surface area contributed by atoms with E-state index in [9.17, 15) is 0 Å². The fourth-order valence-electron chi connectivity index (χ4n) is 0.777. The third-order valence-corrected chi connectivity index (χ3v) is 1.82. The van der Waals surface area contributed by atoms with Crippen molar-refractivity contribution in [3.63, 3.8) is 0 Å². The smallest absolute Gasteiger partial charge is 0.0713 e. The van der Waals surface area contributed by atoms with Gasteiger partial charge in [-0.25, -0.2) is 0 Å². The maximum atomic E-state index is 5.69. The van der Waals surface area contributed by atoms with Gasteiger partial charge in [0.25, 0.3) is 0 Å². The van der Waals surface area contributed by atoms with Gasteiger partial charge < -0.3 is 11.5 Å². The van der Waals surface area contributed by atoms with Crippen LogP contribution >= 0.6 is 0 Å². The number of nitrogens with two attached hydrogens (primary N) is 2. The summed E-state index contributed by atoms with van der Waals surface area (Å²) in [6, 6.07) is 0.322. The Morgan fingerprint density at radius 2 is 1.83 bits per heavy atom. The van der Waals surface area contributed by atoms with Gasteiger partial charge in [0.15, 0.2) is 0 Å². The summed E-state index contributed by atoms with van der Waals surface area (Å²) < 4.78 is 0. The molecule has 0 aliphatic heterocycles. The van der Waals surface area contributed by atoms with Crippen LogP contribution in [0.15, 0.2) is 16.4 Å². The van der Waals surface area contributed by atoms with Crippen molar-refractivity contribution in [1.82, 2.24) is 0 Å². The van der Waals surface area contributed by atoms with Crippen molar-refractivity contribution >= 4 is 5.71 Å². The van der Waals surface area contributed by atoms with Crippen LogP contribution in [-0.2, 0) is 0 Å². The van der Waals surface area contributed by atoms with Gasteiger partial charge in [0.1, 0.15) is 0 Å². The number of hydrogen-bond donors (Lipinski definition) is 2. The van der Waals surface area contributed by atoms with Crippen molar-refractivity contribution in [2.45, 2.75) is 40.2 Å². The van der Waals surface area contributed by atoms with Crippen LogP contribution in [-0.4, -0.2) is 11.8 Å². The summed E-state index contributed by atoms with van der Waals surface area (Å²) in [4.78, 5) is 4.37. The molecule has 3 heteroatoms. The average molecular weight is 169 g/mol. The first-order valence-electron chi connectivity index (χ1n) is 4.25. The number of aliphatic imine (C=N–C) groups is 1. The van der Waals surface area contributed by atoms with Crippen molar-refractivity contribution in [2.75, 3.05) is 0 Å². The zero-order chi connectivity index (χ0) is 9.72. The van der Waals surface area contributed by atoms with Crippen LogP contribution in [0.5, 0.6) is 0 Å². The summed E-state index contributed by atoms with van der Waals surface area (Å²) in [5, 5.41) is 0. The Labute approximate surface area is 74.5 Å². The normalized spacial score (nSPS) is 17.2. The molecule has 0 aromatic heterocycles. The highest BCUT2D eigenvalue weighted by Gasteiger charge is 2.00. The van der Waals surface area contributed by atoms with E-state index in [1.165, 1.54) is 0 Å². The topological polar surface area (TPSA) is 64.4 Å². The lowest BCUT2D eigenvalue weighted by Gasteiger charge is -2.06. The van der Waals surface area contributed by atoms with Gasteiger partial charge in [0, 0.05) is 11.7 Å². The van der Waals surface area contributed by atoms with Gasteiger partial charge in [0.05, 0.1) is 11.4 Å². The predicted octanol–water partition coefficient (Wildman–Crippen LogP) is 1.39. The lowest BCUT2D eigenvalue weighted by molar-refractivity contribution is 0.716. The molecule has 0 spiro atoms. The van der Waals surface area contributed by atoms with Crippen molar-refractivity contribution in [2.24, 2.45) is 16.5 Å². The van der Waals surface area contributed by atoms with E-state index >= 15 is 0 Å². The molecule has 0 heterocycles. The van der Waals surface area contributed by atoms with Crippen LogP contribution in [0.4, 0.5) is 0 Å². The highest BCUT2D eigenvalue weighted by atomic mass is 14.8. The van der Waals surface area contributed by atoms with E-state index < -0.39 is 0 Å². The fourth-order valence-corrected chi connectivity index (χ4v) is 0.777. The summed E-state index contributed by atoms with van der Waals surface area (Å²) >= 11 is 0. The molecule has 0 saturated carbocycles. The van der Waals surface area contributed by atoms with Crippen molar-refractivity contribution in [3.05, 3.63) is 11.4 Å². The number of hydrogen-bond acceptors (Lipinski definition) is 3. The molecule has 0 aromatic rings. The number of rotatable bonds is 3. The SMILES string of the molecule is CCC(C)/N=C(C)\C(N)=C(\C)N. The molecule has 0 aliphatic rings. The van der Waals surface area contributed by atoms with Gasteiger partial charge >= 0.3 is 0 Å². The minimum Gasteiger partial charge on any atom is -0.401 e. The first kappa shape index (κ1) is 11.0. The number of nitrogens with zero attached hydrogens (tertiary/aromatic N) is 1. The largest absolute Gasteiger partial charge is 0.401 e. The monoisotopic (exact) mass is 169 g/mol. The second-order valence-electron chi connectivity index (χ2n) is 3.07. The van der Waals surface area contributed by atoms with Crippen LogP contribution in [0.2, 0.25) is 0 Å². The molecule has 1 atom stereocenters.